The van der Waals surface area contributed by atoms with E-state index in [1.807, 2.05) is 18.2 Å². The molecule has 2 aromatic heterocycles. The van der Waals surface area contributed by atoms with E-state index in [1.165, 1.54) is 16.5 Å². The molecule has 0 aliphatic heterocycles. The highest BCUT2D eigenvalue weighted by atomic mass is 16.2. The van der Waals surface area contributed by atoms with Crippen LogP contribution in [0, 0.1) is 5.92 Å². The van der Waals surface area contributed by atoms with Crippen molar-refractivity contribution in [3.63, 3.8) is 0 Å². The third-order valence-corrected chi connectivity index (χ3v) is 4.35. The Bertz CT molecular complexity index is 849. The molecule has 5 nitrogen and oxygen atoms in total. The monoisotopic (exact) mass is 320 g/mol. The predicted octanol–water partition coefficient (Wildman–Crippen LogP) is 3.57. The molecule has 1 saturated carbocycles. The summed E-state index contributed by atoms with van der Waals surface area (Å²) in [5.74, 6) is 1.13. The van der Waals surface area contributed by atoms with Crippen molar-refractivity contribution in [2.75, 3.05) is 17.2 Å². The topological polar surface area (TPSA) is 69.8 Å². The molecule has 1 fully saturated rings. The number of rotatable bonds is 6. The van der Waals surface area contributed by atoms with Crippen LogP contribution in [0.15, 0.2) is 48.8 Å². The smallest absolute Gasteiger partial charge is 0.227 e. The number of aromatic amines is 1. The molecule has 2 heterocycles. The zero-order chi connectivity index (χ0) is 16.4. The van der Waals surface area contributed by atoms with E-state index >= 15 is 0 Å². The van der Waals surface area contributed by atoms with Crippen LogP contribution in [0.4, 0.5) is 11.5 Å². The lowest BCUT2D eigenvalue weighted by atomic mass is 10.1. The van der Waals surface area contributed by atoms with Crippen LogP contribution in [0.2, 0.25) is 0 Å². The molecule has 0 radical (unpaired) electrons. The molecular formula is C19H20N4O. The van der Waals surface area contributed by atoms with Crippen LogP contribution >= 0.6 is 0 Å². The van der Waals surface area contributed by atoms with E-state index in [0.717, 1.165) is 37.3 Å². The molecular weight excluding hydrogens is 300 g/mol. The molecule has 1 aliphatic carbocycles. The maximum absolute atomic E-state index is 11.7. The number of hydrogen-bond donors (Lipinski definition) is 3. The average Bonchev–Trinajstić information content (AvgIpc) is 3.39. The van der Waals surface area contributed by atoms with Crippen molar-refractivity contribution in [3.05, 3.63) is 54.4 Å². The molecule has 0 bridgehead atoms. The van der Waals surface area contributed by atoms with Crippen LogP contribution in [0.3, 0.4) is 0 Å². The van der Waals surface area contributed by atoms with Gasteiger partial charge >= 0.3 is 0 Å². The molecule has 1 amide bonds. The van der Waals surface area contributed by atoms with Gasteiger partial charge in [0.05, 0.1) is 11.9 Å². The second-order valence-electron chi connectivity index (χ2n) is 6.23. The number of fused-ring (bicyclic) bond motifs is 1. The number of pyridine rings is 1. The number of H-pyrrole nitrogens is 1. The standard InChI is InChI=1S/C19H20N4O/c24-19(13-5-6-13)23-15-7-8-18(22-12-15)20-10-9-14-11-21-17-4-2-1-3-16(14)17/h1-4,7-8,11-13,21H,5-6,9-10H2,(H,20,22)(H,23,24). The summed E-state index contributed by atoms with van der Waals surface area (Å²) in [4.78, 5) is 19.4. The lowest BCUT2D eigenvalue weighted by molar-refractivity contribution is -0.117. The summed E-state index contributed by atoms with van der Waals surface area (Å²) in [5.41, 5.74) is 3.22. The zero-order valence-corrected chi connectivity index (χ0v) is 13.4. The van der Waals surface area contributed by atoms with Crippen molar-refractivity contribution < 1.29 is 4.79 Å². The van der Waals surface area contributed by atoms with Crippen molar-refractivity contribution in [3.8, 4) is 0 Å². The first-order valence-corrected chi connectivity index (χ1v) is 8.35. The number of para-hydroxylation sites is 1. The lowest BCUT2D eigenvalue weighted by Gasteiger charge is -2.07. The lowest BCUT2D eigenvalue weighted by Crippen LogP contribution is -2.13. The first-order chi connectivity index (χ1) is 11.8. The van der Waals surface area contributed by atoms with Crippen LogP contribution in [0.1, 0.15) is 18.4 Å². The Labute approximate surface area is 140 Å². The third kappa shape index (κ3) is 3.25. The van der Waals surface area contributed by atoms with Crippen molar-refractivity contribution in [2.24, 2.45) is 5.92 Å². The fourth-order valence-electron chi connectivity index (χ4n) is 2.83. The van der Waals surface area contributed by atoms with Crippen LogP contribution < -0.4 is 10.6 Å². The second kappa shape index (κ2) is 6.35. The predicted molar refractivity (Wildman–Crippen MR) is 96.1 cm³/mol. The minimum absolute atomic E-state index is 0.108. The van der Waals surface area contributed by atoms with Crippen molar-refractivity contribution in [1.29, 1.82) is 0 Å². The van der Waals surface area contributed by atoms with Crippen LogP contribution in [0.5, 0.6) is 0 Å². The minimum atomic E-state index is 0.108. The Morgan fingerprint density at radius 2 is 2.08 bits per heavy atom. The van der Waals surface area contributed by atoms with Crippen LogP contribution in [0.25, 0.3) is 10.9 Å². The van der Waals surface area contributed by atoms with Gasteiger partial charge in [-0.1, -0.05) is 18.2 Å². The van der Waals surface area contributed by atoms with Gasteiger partial charge in [-0.05, 0) is 43.0 Å². The van der Waals surface area contributed by atoms with E-state index in [0.29, 0.717) is 0 Å². The molecule has 0 spiro atoms. The fraction of sp³-hybridized carbons (Fsp3) is 0.263. The van der Waals surface area contributed by atoms with Gasteiger partial charge in [0.1, 0.15) is 5.82 Å². The van der Waals surface area contributed by atoms with Gasteiger partial charge in [-0.2, -0.15) is 0 Å². The molecule has 0 saturated heterocycles. The largest absolute Gasteiger partial charge is 0.370 e. The maximum atomic E-state index is 11.7. The number of carbonyl (C=O) groups excluding carboxylic acids is 1. The number of aromatic nitrogens is 2. The second-order valence-corrected chi connectivity index (χ2v) is 6.23. The summed E-state index contributed by atoms with van der Waals surface area (Å²) < 4.78 is 0. The normalized spacial score (nSPS) is 13.8. The fourth-order valence-corrected chi connectivity index (χ4v) is 2.83. The highest BCUT2D eigenvalue weighted by molar-refractivity contribution is 5.93. The number of benzene rings is 1. The Kier molecular flexibility index (Phi) is 3.91. The number of carbonyl (C=O) groups is 1. The highest BCUT2D eigenvalue weighted by Gasteiger charge is 2.29. The van der Waals surface area contributed by atoms with Crippen molar-refractivity contribution >= 4 is 28.3 Å². The summed E-state index contributed by atoms with van der Waals surface area (Å²) in [6.45, 7) is 0.808. The summed E-state index contributed by atoms with van der Waals surface area (Å²) in [6.07, 6.45) is 6.70. The van der Waals surface area contributed by atoms with Gasteiger partial charge in [0.25, 0.3) is 0 Å². The SMILES string of the molecule is O=C(Nc1ccc(NCCc2c[nH]c3ccccc23)nc1)C1CC1. The Balaban J connectivity index is 1.31. The third-order valence-electron chi connectivity index (χ3n) is 4.35. The van der Waals surface area contributed by atoms with Gasteiger partial charge in [-0.15, -0.1) is 0 Å². The quantitative estimate of drug-likeness (QED) is 0.650. The Morgan fingerprint density at radius 1 is 1.21 bits per heavy atom. The maximum Gasteiger partial charge on any atom is 0.227 e. The highest BCUT2D eigenvalue weighted by Crippen LogP contribution is 2.30. The van der Waals surface area contributed by atoms with Gasteiger partial charge in [-0.3, -0.25) is 4.79 Å². The van der Waals surface area contributed by atoms with E-state index in [-0.39, 0.29) is 11.8 Å². The molecule has 4 rings (SSSR count). The van der Waals surface area contributed by atoms with Gasteiger partial charge in [-0.25, -0.2) is 4.98 Å². The molecule has 24 heavy (non-hydrogen) atoms. The first kappa shape index (κ1) is 14.8. The van der Waals surface area contributed by atoms with Gasteiger partial charge in [0, 0.05) is 29.6 Å². The van der Waals surface area contributed by atoms with Crippen molar-refractivity contribution in [2.45, 2.75) is 19.3 Å². The summed E-state index contributed by atoms with van der Waals surface area (Å²) in [5, 5.41) is 7.49. The van der Waals surface area contributed by atoms with E-state index in [1.54, 1.807) is 6.20 Å². The molecule has 0 unspecified atom stereocenters. The van der Waals surface area contributed by atoms with E-state index in [2.05, 4.69) is 45.0 Å². The molecule has 5 heteroatoms. The molecule has 3 aromatic rings. The summed E-state index contributed by atoms with van der Waals surface area (Å²) in [6, 6.07) is 12.1. The molecule has 1 aliphatic rings. The zero-order valence-electron chi connectivity index (χ0n) is 13.4. The average molecular weight is 320 g/mol. The Hall–Kier alpha value is -2.82. The van der Waals surface area contributed by atoms with E-state index in [9.17, 15) is 4.79 Å². The van der Waals surface area contributed by atoms with E-state index in [4.69, 9.17) is 0 Å². The van der Waals surface area contributed by atoms with Gasteiger partial charge < -0.3 is 15.6 Å². The van der Waals surface area contributed by atoms with Gasteiger partial charge in [0.2, 0.25) is 5.91 Å². The number of nitrogens with zero attached hydrogens (tertiary/aromatic N) is 1. The first-order valence-electron chi connectivity index (χ1n) is 8.35. The number of amides is 1. The van der Waals surface area contributed by atoms with Crippen LogP contribution in [-0.4, -0.2) is 22.4 Å². The summed E-state index contributed by atoms with van der Waals surface area (Å²) >= 11 is 0. The number of anilines is 2. The van der Waals surface area contributed by atoms with Crippen molar-refractivity contribution in [1.82, 2.24) is 9.97 Å². The minimum Gasteiger partial charge on any atom is -0.370 e. The molecule has 1 aromatic carbocycles. The Morgan fingerprint density at radius 3 is 2.88 bits per heavy atom. The number of nitrogens with one attached hydrogen (secondary N) is 3. The molecule has 0 atom stereocenters. The molecule has 122 valence electrons. The van der Waals surface area contributed by atoms with Crippen LogP contribution in [-0.2, 0) is 11.2 Å². The van der Waals surface area contributed by atoms with E-state index < -0.39 is 0 Å². The summed E-state index contributed by atoms with van der Waals surface area (Å²) in [7, 11) is 0. The molecule has 3 N–H and O–H groups in total. The van der Waals surface area contributed by atoms with Gasteiger partial charge in [0.15, 0.2) is 0 Å². The number of hydrogen-bond acceptors (Lipinski definition) is 3.